The fraction of sp³-hybridized carbons (Fsp3) is 0.222. The highest BCUT2D eigenvalue weighted by Crippen LogP contribution is 2.42. The number of hydrogen-bond acceptors (Lipinski definition) is 9. The number of piperidine rings is 1. The van der Waals surface area contributed by atoms with E-state index >= 15 is 0 Å². The van der Waals surface area contributed by atoms with Crippen LogP contribution in [0.5, 0.6) is 0 Å². The van der Waals surface area contributed by atoms with Crippen LogP contribution < -0.4 is 10.6 Å². The van der Waals surface area contributed by atoms with E-state index in [1.54, 1.807) is 24.7 Å². The first kappa shape index (κ1) is 28.7. The molecule has 0 aliphatic carbocycles. The van der Waals surface area contributed by atoms with Gasteiger partial charge in [0.05, 0.1) is 28.6 Å². The quantitative estimate of drug-likeness (QED) is 0.251. The monoisotopic (exact) mass is 622 g/mol. The average molecular weight is 623 g/mol. The summed E-state index contributed by atoms with van der Waals surface area (Å²) in [6.07, 6.45) is 8.54. The molecule has 0 atom stereocenters. The van der Waals surface area contributed by atoms with Gasteiger partial charge in [-0.1, -0.05) is 12.1 Å². The molecule has 0 radical (unpaired) electrons. The Hall–Kier alpha value is -5.73. The van der Waals surface area contributed by atoms with Crippen LogP contribution in [0.25, 0.3) is 39.2 Å². The summed E-state index contributed by atoms with van der Waals surface area (Å²) < 4.78 is 15.7. The number of nitriles is 1. The molecule has 2 aliphatic heterocycles. The Bertz CT molecular complexity index is 2120. The van der Waals surface area contributed by atoms with Crippen molar-refractivity contribution in [2.45, 2.75) is 19.4 Å². The maximum atomic E-state index is 13.6. The van der Waals surface area contributed by atoms with Gasteiger partial charge >= 0.3 is 0 Å². The second kappa shape index (κ2) is 11.6. The Morgan fingerprint density at radius 3 is 2.47 bits per heavy atom. The summed E-state index contributed by atoms with van der Waals surface area (Å²) >= 11 is 0. The zero-order valence-corrected chi connectivity index (χ0v) is 25.6. The van der Waals surface area contributed by atoms with Gasteiger partial charge in [0.15, 0.2) is 0 Å². The molecule has 0 amide bonds. The first-order valence-electron chi connectivity index (χ1n) is 15.6. The van der Waals surface area contributed by atoms with E-state index in [4.69, 9.17) is 16.0 Å². The molecule has 8 rings (SSSR count). The molecule has 2 fully saturated rings. The average Bonchev–Trinajstić information content (AvgIpc) is 3.47. The van der Waals surface area contributed by atoms with E-state index in [9.17, 15) is 4.39 Å². The first-order valence-corrected chi connectivity index (χ1v) is 15.6. The molecule has 5 aromatic heterocycles. The van der Waals surface area contributed by atoms with Crippen LogP contribution in [-0.4, -0.2) is 60.6 Å². The van der Waals surface area contributed by atoms with Gasteiger partial charge in [-0.3, -0.25) is 14.9 Å². The third-order valence-corrected chi connectivity index (χ3v) is 9.40. The molecule has 2 saturated heterocycles. The van der Waals surface area contributed by atoms with Crippen LogP contribution in [-0.2, 0) is 6.54 Å². The molecule has 1 spiro atoms. The largest absolute Gasteiger partial charge is 0.383 e. The molecule has 47 heavy (non-hydrogen) atoms. The highest BCUT2D eigenvalue weighted by Gasteiger charge is 2.44. The molecule has 0 saturated carbocycles. The summed E-state index contributed by atoms with van der Waals surface area (Å²) in [5, 5.41) is 9.15. The van der Waals surface area contributed by atoms with E-state index in [-0.39, 0.29) is 11.6 Å². The van der Waals surface area contributed by atoms with E-state index < -0.39 is 0 Å². The van der Waals surface area contributed by atoms with Crippen molar-refractivity contribution in [1.82, 2.24) is 34.4 Å². The van der Waals surface area contributed by atoms with Gasteiger partial charge in [0, 0.05) is 68.1 Å². The molecule has 7 heterocycles. The zero-order chi connectivity index (χ0) is 32.0. The number of rotatable bonds is 6. The van der Waals surface area contributed by atoms with Crippen molar-refractivity contribution in [1.29, 1.82) is 5.26 Å². The zero-order valence-electron chi connectivity index (χ0n) is 25.6. The van der Waals surface area contributed by atoms with E-state index in [1.165, 1.54) is 17.8 Å². The molecule has 1 aromatic carbocycles. The third-order valence-electron chi connectivity index (χ3n) is 9.40. The number of halogens is 1. The lowest BCUT2D eigenvalue weighted by Crippen LogP contribution is -2.59. The normalized spacial score (nSPS) is 15.9. The lowest BCUT2D eigenvalue weighted by Gasteiger charge is -2.54. The Kier molecular flexibility index (Phi) is 7.07. The molecule has 2 N–H and O–H groups in total. The van der Waals surface area contributed by atoms with Crippen LogP contribution in [0, 0.1) is 22.6 Å². The summed E-state index contributed by atoms with van der Waals surface area (Å²) in [6, 6.07) is 23.5. The molecule has 10 nitrogen and oxygen atoms in total. The number of benzene rings is 1. The molecule has 0 unspecified atom stereocenters. The number of pyridine rings is 3. The van der Waals surface area contributed by atoms with Crippen molar-refractivity contribution in [3.8, 4) is 34.3 Å². The van der Waals surface area contributed by atoms with Crippen LogP contribution in [0.1, 0.15) is 24.2 Å². The number of nitrogen functional groups attached to an aromatic ring is 1. The van der Waals surface area contributed by atoms with Gasteiger partial charge < -0.3 is 15.2 Å². The predicted octanol–water partition coefficient (Wildman–Crippen LogP) is 5.63. The topological polar surface area (TPSA) is 126 Å². The second-order valence-electron chi connectivity index (χ2n) is 12.4. The maximum Gasteiger partial charge on any atom is 0.234 e. The molecular weight excluding hydrogens is 591 g/mol. The van der Waals surface area contributed by atoms with Gasteiger partial charge in [-0.2, -0.15) is 5.26 Å². The summed E-state index contributed by atoms with van der Waals surface area (Å²) in [5.41, 5.74) is 13.8. The van der Waals surface area contributed by atoms with Gasteiger partial charge in [0.2, 0.25) is 5.82 Å². The van der Waals surface area contributed by atoms with Crippen LogP contribution in [0.3, 0.4) is 0 Å². The molecule has 6 aromatic rings. The van der Waals surface area contributed by atoms with Crippen molar-refractivity contribution in [3.63, 3.8) is 0 Å². The van der Waals surface area contributed by atoms with Gasteiger partial charge in [0.1, 0.15) is 23.5 Å². The van der Waals surface area contributed by atoms with Crippen molar-refractivity contribution in [2.75, 3.05) is 36.8 Å². The molecule has 11 heteroatoms. The van der Waals surface area contributed by atoms with Gasteiger partial charge in [0.25, 0.3) is 0 Å². The summed E-state index contributed by atoms with van der Waals surface area (Å²) in [4.78, 5) is 26.5. The summed E-state index contributed by atoms with van der Waals surface area (Å²) in [5.74, 6) is 1.12. The second-order valence-corrected chi connectivity index (χ2v) is 12.4. The van der Waals surface area contributed by atoms with Crippen LogP contribution >= 0.6 is 0 Å². The Morgan fingerprint density at radius 1 is 0.894 bits per heavy atom. The lowest BCUT2D eigenvalue weighted by atomic mass is 9.72. The number of nitrogens with zero attached hydrogens (tertiary/aromatic N) is 9. The van der Waals surface area contributed by atoms with Crippen molar-refractivity contribution >= 4 is 22.7 Å². The highest BCUT2D eigenvalue weighted by molar-refractivity contribution is 5.90. The number of nitrogens with two attached hydrogens (primary N) is 1. The van der Waals surface area contributed by atoms with E-state index in [1.807, 2.05) is 36.4 Å². The third kappa shape index (κ3) is 5.42. The fourth-order valence-corrected chi connectivity index (χ4v) is 7.00. The van der Waals surface area contributed by atoms with Crippen LogP contribution in [0.15, 0.2) is 91.5 Å². The van der Waals surface area contributed by atoms with E-state index in [0.29, 0.717) is 16.9 Å². The van der Waals surface area contributed by atoms with Gasteiger partial charge in [-0.25, -0.2) is 19.3 Å². The lowest BCUT2D eigenvalue weighted by molar-refractivity contribution is -0.0240. The number of likely N-dealkylation sites (tertiary alicyclic amines) is 1. The van der Waals surface area contributed by atoms with Crippen molar-refractivity contribution in [3.05, 3.63) is 109 Å². The highest BCUT2D eigenvalue weighted by atomic mass is 19.1. The fourth-order valence-electron chi connectivity index (χ4n) is 7.00. The minimum atomic E-state index is -0.381. The number of fused-ring (bicyclic) bond motifs is 1. The van der Waals surface area contributed by atoms with Crippen LogP contribution in [0.4, 0.5) is 16.0 Å². The van der Waals surface area contributed by atoms with E-state index in [2.05, 4.69) is 58.6 Å². The SMILES string of the molecule is N#Cc1nccc(N2CCC3(CC2)CN(Cc2ccc(-n4c(-c5cccnc5N)cc5ncc(-c6ccc(F)cn6)cc54)cc2)C3)n1. The maximum absolute atomic E-state index is 13.6. The smallest absolute Gasteiger partial charge is 0.234 e. The molecule has 2 aliphatic rings. The van der Waals surface area contributed by atoms with Crippen molar-refractivity contribution < 1.29 is 4.39 Å². The van der Waals surface area contributed by atoms with E-state index in [0.717, 1.165) is 84.9 Å². The first-order chi connectivity index (χ1) is 23.0. The van der Waals surface area contributed by atoms with Crippen LogP contribution in [0.2, 0.25) is 0 Å². The minimum absolute atomic E-state index is 0.217. The summed E-state index contributed by atoms with van der Waals surface area (Å²) in [7, 11) is 0. The Morgan fingerprint density at radius 2 is 1.72 bits per heavy atom. The number of aromatic nitrogens is 6. The Balaban J connectivity index is 1.02. The number of hydrogen-bond donors (Lipinski definition) is 1. The Labute approximate surface area is 271 Å². The molecule has 0 bridgehead atoms. The standard InChI is InChI=1S/C36H31FN10/c37-26-5-8-29(43-20-26)25-16-32-30(42-19-25)17-31(28-2-1-12-41-35(28)39)47(32)27-6-3-24(4-7-27)21-45-22-36(23-45)10-14-46(15-11-36)34-9-13-40-33(18-38)44-34/h1-9,12-13,16-17,19-20H,10-11,14-15,21-23H2,(H2,39,41). The van der Waals surface area contributed by atoms with Crippen molar-refractivity contribution in [2.24, 2.45) is 5.41 Å². The molecular formula is C36H31FN10. The number of anilines is 2. The summed E-state index contributed by atoms with van der Waals surface area (Å²) in [6.45, 7) is 4.92. The molecule has 232 valence electrons. The van der Waals surface area contributed by atoms with Gasteiger partial charge in [-0.05, 0) is 78.4 Å². The van der Waals surface area contributed by atoms with Gasteiger partial charge in [-0.15, -0.1) is 0 Å². The predicted molar refractivity (Wildman–Crippen MR) is 178 cm³/mol. The minimum Gasteiger partial charge on any atom is -0.383 e.